The fraction of sp³-hybridized carbons (Fsp3) is 0.458. The van der Waals surface area contributed by atoms with Crippen LogP contribution >= 0.6 is 0 Å². The van der Waals surface area contributed by atoms with Crippen LogP contribution in [0.3, 0.4) is 0 Å². The van der Waals surface area contributed by atoms with E-state index in [1.54, 1.807) is 12.1 Å². The molecule has 0 saturated heterocycles. The quantitative estimate of drug-likeness (QED) is 0.498. The molecule has 0 aromatic heterocycles. The molecule has 2 aromatic carbocycles. The van der Waals surface area contributed by atoms with Crippen LogP contribution in [0.25, 0.3) is 0 Å². The lowest BCUT2D eigenvalue weighted by Gasteiger charge is -2.19. The Kier molecular flexibility index (Phi) is 4.82. The average Bonchev–Trinajstić information content (AvgIpc) is 3.51. The van der Waals surface area contributed by atoms with Crippen molar-refractivity contribution in [2.75, 3.05) is 5.32 Å². The monoisotopic (exact) mass is 379 g/mol. The minimum absolute atomic E-state index is 0.0594. The molecule has 2 aliphatic carbocycles. The van der Waals surface area contributed by atoms with Gasteiger partial charge in [0.25, 0.3) is 0 Å². The van der Waals surface area contributed by atoms with Crippen LogP contribution in [-0.2, 0) is 11.3 Å². The van der Waals surface area contributed by atoms with Crippen molar-refractivity contribution in [1.29, 1.82) is 0 Å². The largest absolute Gasteiger partial charge is 0.506 e. The Labute approximate surface area is 166 Å². The van der Waals surface area contributed by atoms with Crippen LogP contribution in [0.2, 0.25) is 0 Å². The third kappa shape index (κ3) is 4.67. The second kappa shape index (κ2) is 7.16. The summed E-state index contributed by atoms with van der Waals surface area (Å²) < 4.78 is 5.36. The van der Waals surface area contributed by atoms with Gasteiger partial charge in [-0.3, -0.25) is 0 Å². The highest BCUT2D eigenvalue weighted by atomic mass is 16.6. The molecule has 2 fully saturated rings. The molecule has 2 N–H and O–H groups in total. The van der Waals surface area contributed by atoms with Gasteiger partial charge in [-0.15, -0.1) is 0 Å². The molecule has 148 valence electrons. The van der Waals surface area contributed by atoms with Crippen molar-refractivity contribution in [3.8, 4) is 5.75 Å². The maximum absolute atomic E-state index is 12.2. The zero-order valence-corrected chi connectivity index (χ0v) is 16.9. The predicted molar refractivity (Wildman–Crippen MR) is 111 cm³/mol. The van der Waals surface area contributed by atoms with Crippen molar-refractivity contribution in [3.05, 3.63) is 58.7 Å². The highest BCUT2D eigenvalue weighted by Gasteiger charge is 2.28. The van der Waals surface area contributed by atoms with E-state index in [1.165, 1.54) is 48.4 Å². The van der Waals surface area contributed by atoms with E-state index in [2.05, 4.69) is 23.5 Å². The molecule has 2 aromatic rings. The van der Waals surface area contributed by atoms with E-state index in [1.807, 2.05) is 20.8 Å². The van der Waals surface area contributed by atoms with Crippen molar-refractivity contribution >= 4 is 11.7 Å². The number of hydrogen-bond acceptors (Lipinski definition) is 4. The highest BCUT2D eigenvalue weighted by molar-refractivity contribution is 5.91. The van der Waals surface area contributed by atoms with Crippen LogP contribution in [0.4, 0.5) is 5.69 Å². The fourth-order valence-electron chi connectivity index (χ4n) is 3.49. The van der Waals surface area contributed by atoms with E-state index in [-0.39, 0.29) is 5.75 Å². The number of esters is 1. The minimum Gasteiger partial charge on any atom is -0.506 e. The van der Waals surface area contributed by atoms with Gasteiger partial charge in [-0.05, 0) is 93.2 Å². The lowest BCUT2D eigenvalue weighted by Crippen LogP contribution is -2.23. The molecule has 2 aliphatic rings. The standard InChI is InChI=1S/C24H29NO3/c1-24(2,3)28-23(27)18-8-9-21(22(26)13-18)25-14-15-10-19(16-4-5-16)12-20(11-15)17-6-7-17/h8-13,16-17,25-26H,4-7,14H2,1-3H3. The Hall–Kier alpha value is -2.49. The fourth-order valence-corrected chi connectivity index (χ4v) is 3.49. The van der Waals surface area contributed by atoms with Crippen LogP contribution in [0.1, 0.15) is 85.3 Å². The van der Waals surface area contributed by atoms with Crippen molar-refractivity contribution in [2.45, 2.75) is 70.4 Å². The number of carbonyl (C=O) groups excluding carboxylic acids is 1. The van der Waals surface area contributed by atoms with E-state index < -0.39 is 11.6 Å². The molecule has 4 heteroatoms. The second-order valence-corrected chi connectivity index (χ2v) is 9.14. The van der Waals surface area contributed by atoms with Crippen LogP contribution in [-0.4, -0.2) is 16.7 Å². The van der Waals surface area contributed by atoms with Crippen molar-refractivity contribution in [1.82, 2.24) is 0 Å². The molecule has 0 bridgehead atoms. The Balaban J connectivity index is 1.45. The summed E-state index contributed by atoms with van der Waals surface area (Å²) in [5.41, 5.74) is 4.59. The number of carbonyl (C=O) groups is 1. The first-order chi connectivity index (χ1) is 13.3. The van der Waals surface area contributed by atoms with Gasteiger partial charge in [0, 0.05) is 6.54 Å². The van der Waals surface area contributed by atoms with E-state index in [0.29, 0.717) is 17.8 Å². The van der Waals surface area contributed by atoms with Gasteiger partial charge in [0.2, 0.25) is 0 Å². The molecule has 0 heterocycles. The van der Waals surface area contributed by atoms with Gasteiger partial charge in [-0.1, -0.05) is 18.2 Å². The minimum atomic E-state index is -0.560. The summed E-state index contributed by atoms with van der Waals surface area (Å²) in [4.78, 5) is 12.2. The summed E-state index contributed by atoms with van der Waals surface area (Å²) in [5.74, 6) is 1.10. The Bertz CT molecular complexity index is 859. The zero-order chi connectivity index (χ0) is 19.9. The van der Waals surface area contributed by atoms with Crippen LogP contribution < -0.4 is 5.32 Å². The summed E-state index contributed by atoms with van der Waals surface area (Å²) in [6.45, 7) is 6.13. The molecule has 0 radical (unpaired) electrons. The maximum Gasteiger partial charge on any atom is 0.338 e. The van der Waals surface area contributed by atoms with E-state index in [0.717, 1.165) is 11.8 Å². The smallest absolute Gasteiger partial charge is 0.338 e. The topological polar surface area (TPSA) is 58.6 Å². The van der Waals surface area contributed by atoms with Crippen LogP contribution in [0.5, 0.6) is 5.75 Å². The third-order valence-electron chi connectivity index (χ3n) is 5.25. The van der Waals surface area contributed by atoms with Gasteiger partial charge in [-0.2, -0.15) is 0 Å². The molecule has 0 spiro atoms. The van der Waals surface area contributed by atoms with Crippen LogP contribution in [0.15, 0.2) is 36.4 Å². The van der Waals surface area contributed by atoms with Crippen molar-refractivity contribution in [3.63, 3.8) is 0 Å². The van der Waals surface area contributed by atoms with Crippen LogP contribution in [0, 0.1) is 0 Å². The normalized spacial score (nSPS) is 16.7. The highest BCUT2D eigenvalue weighted by Crippen LogP contribution is 2.45. The molecule has 4 rings (SSSR count). The number of phenols is 1. The number of benzene rings is 2. The number of rotatable bonds is 6. The average molecular weight is 380 g/mol. The number of aromatic hydroxyl groups is 1. The number of phenolic OH excluding ortho intramolecular Hbond substituents is 1. The number of hydrogen-bond donors (Lipinski definition) is 2. The summed E-state index contributed by atoms with van der Waals surface area (Å²) in [6.07, 6.45) is 5.20. The van der Waals surface area contributed by atoms with Gasteiger partial charge in [-0.25, -0.2) is 4.79 Å². The second-order valence-electron chi connectivity index (χ2n) is 9.14. The number of anilines is 1. The summed E-state index contributed by atoms with van der Waals surface area (Å²) >= 11 is 0. The predicted octanol–water partition coefficient (Wildman–Crippen LogP) is 5.71. The molecule has 2 saturated carbocycles. The third-order valence-corrected chi connectivity index (χ3v) is 5.25. The molecule has 0 unspecified atom stereocenters. The molecule has 0 amide bonds. The lowest BCUT2D eigenvalue weighted by molar-refractivity contribution is 0.00691. The molecular weight excluding hydrogens is 350 g/mol. The summed E-state index contributed by atoms with van der Waals surface area (Å²) in [6, 6.07) is 11.9. The van der Waals surface area contributed by atoms with Crippen molar-refractivity contribution < 1.29 is 14.6 Å². The first-order valence-corrected chi connectivity index (χ1v) is 10.2. The number of nitrogens with one attached hydrogen (secondary N) is 1. The van der Waals surface area contributed by atoms with Gasteiger partial charge < -0.3 is 15.2 Å². The number of ether oxygens (including phenoxy) is 1. The summed E-state index contributed by atoms with van der Waals surface area (Å²) in [5, 5.41) is 13.7. The zero-order valence-electron chi connectivity index (χ0n) is 16.9. The van der Waals surface area contributed by atoms with E-state index >= 15 is 0 Å². The van der Waals surface area contributed by atoms with E-state index in [9.17, 15) is 9.90 Å². The SMILES string of the molecule is CC(C)(C)OC(=O)c1ccc(NCc2cc(C3CC3)cc(C3CC3)c2)c(O)c1. The van der Waals surface area contributed by atoms with Gasteiger partial charge in [0.15, 0.2) is 0 Å². The van der Waals surface area contributed by atoms with E-state index in [4.69, 9.17) is 4.74 Å². The molecular formula is C24H29NO3. The Morgan fingerprint density at radius 1 is 1.04 bits per heavy atom. The molecule has 0 aliphatic heterocycles. The van der Waals surface area contributed by atoms with Gasteiger partial charge in [0.1, 0.15) is 11.4 Å². The first kappa shape index (κ1) is 18.9. The molecule has 28 heavy (non-hydrogen) atoms. The molecule has 0 atom stereocenters. The van der Waals surface area contributed by atoms with Gasteiger partial charge in [0.05, 0.1) is 11.3 Å². The maximum atomic E-state index is 12.2. The Morgan fingerprint density at radius 3 is 2.14 bits per heavy atom. The first-order valence-electron chi connectivity index (χ1n) is 10.2. The van der Waals surface area contributed by atoms with Crippen molar-refractivity contribution in [2.24, 2.45) is 0 Å². The van der Waals surface area contributed by atoms with Gasteiger partial charge >= 0.3 is 5.97 Å². The molecule has 4 nitrogen and oxygen atoms in total. The summed E-state index contributed by atoms with van der Waals surface area (Å²) in [7, 11) is 0. The Morgan fingerprint density at radius 2 is 1.64 bits per heavy atom. The lowest BCUT2D eigenvalue weighted by atomic mass is 10.00.